The van der Waals surface area contributed by atoms with Crippen molar-refractivity contribution >= 4 is 33.2 Å². The third-order valence-corrected chi connectivity index (χ3v) is 3.92. The molecule has 0 spiro atoms. The van der Waals surface area contributed by atoms with Crippen LogP contribution in [-0.4, -0.2) is 43.0 Å². The highest BCUT2D eigenvalue weighted by Crippen LogP contribution is 2.22. The van der Waals surface area contributed by atoms with Gasteiger partial charge in [-0.25, -0.2) is 0 Å². The first-order chi connectivity index (χ1) is 11.1. The van der Waals surface area contributed by atoms with Crippen molar-refractivity contribution in [1.29, 1.82) is 0 Å². The van der Waals surface area contributed by atoms with Crippen LogP contribution in [0.5, 0.6) is 0 Å². The maximum Gasteiger partial charge on any atom is 0.274 e. The van der Waals surface area contributed by atoms with Crippen LogP contribution in [0, 0.1) is 0 Å². The number of nitrogens with zero attached hydrogens (tertiary/aromatic N) is 2. The highest BCUT2D eigenvalue weighted by atomic mass is 79.9. The Morgan fingerprint density at radius 2 is 2.04 bits per heavy atom. The van der Waals surface area contributed by atoms with Gasteiger partial charge in [-0.3, -0.25) is 9.78 Å². The molecule has 0 saturated heterocycles. The van der Waals surface area contributed by atoms with Crippen LogP contribution in [0.15, 0.2) is 47.1 Å². The molecule has 0 bridgehead atoms. The van der Waals surface area contributed by atoms with E-state index in [4.69, 9.17) is 0 Å². The second kappa shape index (κ2) is 8.64. The highest BCUT2D eigenvalue weighted by Gasteiger charge is 2.10. The van der Waals surface area contributed by atoms with Gasteiger partial charge < -0.3 is 15.5 Å². The van der Waals surface area contributed by atoms with Gasteiger partial charge in [-0.2, -0.15) is 0 Å². The molecule has 0 radical (unpaired) electrons. The van der Waals surface area contributed by atoms with Crippen molar-refractivity contribution in [1.82, 2.24) is 9.88 Å². The third-order valence-electron chi connectivity index (χ3n) is 3.23. The predicted molar refractivity (Wildman–Crippen MR) is 98.0 cm³/mol. The predicted octanol–water partition coefficient (Wildman–Crippen LogP) is 3.46. The summed E-state index contributed by atoms with van der Waals surface area (Å²) in [5, 5.41) is 6.17. The van der Waals surface area contributed by atoms with Gasteiger partial charge in [0.1, 0.15) is 5.69 Å². The Kier molecular flexibility index (Phi) is 6.55. The van der Waals surface area contributed by atoms with Crippen molar-refractivity contribution in [2.45, 2.75) is 6.42 Å². The fourth-order valence-electron chi connectivity index (χ4n) is 2.04. The Morgan fingerprint density at radius 3 is 2.78 bits per heavy atom. The number of hydrogen-bond donors (Lipinski definition) is 2. The van der Waals surface area contributed by atoms with Gasteiger partial charge in [-0.05, 0) is 67.3 Å². The Hall–Kier alpha value is -1.92. The maximum atomic E-state index is 12.3. The number of para-hydroxylation sites is 1. The summed E-state index contributed by atoms with van der Waals surface area (Å²) in [5.41, 5.74) is 2.01. The number of amides is 1. The van der Waals surface area contributed by atoms with Gasteiger partial charge in [-0.1, -0.05) is 12.1 Å². The third kappa shape index (κ3) is 5.65. The van der Waals surface area contributed by atoms with Gasteiger partial charge in [0.2, 0.25) is 0 Å². The van der Waals surface area contributed by atoms with E-state index < -0.39 is 0 Å². The Labute approximate surface area is 145 Å². The molecular weight excluding hydrogens is 356 g/mol. The van der Waals surface area contributed by atoms with E-state index >= 15 is 0 Å². The second-order valence-corrected chi connectivity index (χ2v) is 6.30. The molecule has 2 aromatic rings. The summed E-state index contributed by atoms with van der Waals surface area (Å²) in [5.74, 6) is -0.228. The van der Waals surface area contributed by atoms with Crippen LogP contribution < -0.4 is 10.6 Å². The summed E-state index contributed by atoms with van der Waals surface area (Å²) in [7, 11) is 4.10. The molecule has 6 heteroatoms. The van der Waals surface area contributed by atoms with Crippen molar-refractivity contribution < 1.29 is 4.79 Å². The number of pyridine rings is 1. The molecule has 23 heavy (non-hydrogen) atoms. The molecule has 0 saturated carbocycles. The lowest BCUT2D eigenvalue weighted by molar-refractivity contribution is 0.102. The average Bonchev–Trinajstić information content (AvgIpc) is 2.54. The lowest BCUT2D eigenvalue weighted by Crippen LogP contribution is -2.17. The van der Waals surface area contributed by atoms with Gasteiger partial charge in [0, 0.05) is 22.9 Å². The largest absolute Gasteiger partial charge is 0.385 e. The average molecular weight is 377 g/mol. The fraction of sp³-hybridized carbons (Fsp3) is 0.294. The molecule has 0 atom stereocenters. The van der Waals surface area contributed by atoms with E-state index in [0.717, 1.165) is 35.4 Å². The van der Waals surface area contributed by atoms with Crippen molar-refractivity contribution in [3.05, 3.63) is 52.8 Å². The highest BCUT2D eigenvalue weighted by molar-refractivity contribution is 9.10. The number of aromatic nitrogens is 1. The summed E-state index contributed by atoms with van der Waals surface area (Å²) in [6.07, 6.45) is 2.68. The van der Waals surface area contributed by atoms with E-state index in [1.807, 2.05) is 30.3 Å². The number of halogens is 1. The summed E-state index contributed by atoms with van der Waals surface area (Å²) in [6.45, 7) is 1.88. The minimum atomic E-state index is -0.228. The quantitative estimate of drug-likeness (QED) is 0.726. The van der Waals surface area contributed by atoms with E-state index in [-0.39, 0.29) is 5.91 Å². The van der Waals surface area contributed by atoms with Crippen molar-refractivity contribution in [2.24, 2.45) is 0 Å². The van der Waals surface area contributed by atoms with E-state index in [2.05, 4.69) is 50.5 Å². The number of hydrogen-bond acceptors (Lipinski definition) is 4. The van der Waals surface area contributed by atoms with Gasteiger partial charge >= 0.3 is 0 Å². The van der Waals surface area contributed by atoms with Crippen LogP contribution in [0.4, 0.5) is 11.4 Å². The SMILES string of the molecule is CN(C)CCCNc1ccnc(C(=O)Nc2ccccc2Br)c1. The molecule has 0 unspecified atom stereocenters. The van der Waals surface area contributed by atoms with Crippen LogP contribution in [0.1, 0.15) is 16.9 Å². The molecule has 2 N–H and O–H groups in total. The monoisotopic (exact) mass is 376 g/mol. The number of carbonyl (C=O) groups is 1. The van der Waals surface area contributed by atoms with Crippen molar-refractivity contribution in [2.75, 3.05) is 37.8 Å². The molecule has 1 heterocycles. The van der Waals surface area contributed by atoms with Crippen LogP contribution in [0.3, 0.4) is 0 Å². The smallest absolute Gasteiger partial charge is 0.274 e. The van der Waals surface area contributed by atoms with Crippen LogP contribution >= 0.6 is 15.9 Å². The summed E-state index contributed by atoms with van der Waals surface area (Å²) in [6, 6.07) is 11.1. The van der Waals surface area contributed by atoms with Gasteiger partial charge in [-0.15, -0.1) is 0 Å². The molecule has 5 nitrogen and oxygen atoms in total. The number of anilines is 2. The Bertz CT molecular complexity index is 661. The minimum absolute atomic E-state index is 0.228. The summed E-state index contributed by atoms with van der Waals surface area (Å²) in [4.78, 5) is 18.6. The lowest BCUT2D eigenvalue weighted by Gasteiger charge is -2.11. The zero-order chi connectivity index (χ0) is 16.7. The van der Waals surface area contributed by atoms with E-state index in [1.165, 1.54) is 0 Å². The first kappa shape index (κ1) is 17.4. The normalized spacial score (nSPS) is 10.6. The fourth-order valence-corrected chi connectivity index (χ4v) is 2.43. The van der Waals surface area contributed by atoms with Gasteiger partial charge in [0.05, 0.1) is 5.69 Å². The maximum absolute atomic E-state index is 12.3. The van der Waals surface area contributed by atoms with Crippen LogP contribution in [0.2, 0.25) is 0 Å². The number of benzene rings is 1. The zero-order valence-electron chi connectivity index (χ0n) is 13.3. The Balaban J connectivity index is 1.96. The number of rotatable bonds is 7. The number of carbonyl (C=O) groups excluding carboxylic acids is 1. The lowest BCUT2D eigenvalue weighted by atomic mass is 10.2. The zero-order valence-corrected chi connectivity index (χ0v) is 14.9. The molecule has 1 aromatic heterocycles. The Morgan fingerprint density at radius 1 is 1.26 bits per heavy atom. The molecule has 2 rings (SSSR count). The molecule has 1 aromatic carbocycles. The molecule has 122 valence electrons. The summed E-state index contributed by atoms with van der Waals surface area (Å²) < 4.78 is 0.839. The minimum Gasteiger partial charge on any atom is -0.385 e. The van der Waals surface area contributed by atoms with E-state index in [0.29, 0.717) is 5.69 Å². The summed E-state index contributed by atoms with van der Waals surface area (Å²) >= 11 is 3.41. The van der Waals surface area contributed by atoms with E-state index in [9.17, 15) is 4.79 Å². The number of nitrogens with one attached hydrogen (secondary N) is 2. The molecule has 0 aliphatic heterocycles. The van der Waals surface area contributed by atoms with E-state index in [1.54, 1.807) is 12.3 Å². The van der Waals surface area contributed by atoms with Gasteiger partial charge in [0.15, 0.2) is 0 Å². The van der Waals surface area contributed by atoms with Gasteiger partial charge in [0.25, 0.3) is 5.91 Å². The first-order valence-corrected chi connectivity index (χ1v) is 8.26. The van der Waals surface area contributed by atoms with Crippen LogP contribution in [0.25, 0.3) is 0 Å². The van der Waals surface area contributed by atoms with Crippen molar-refractivity contribution in [3.63, 3.8) is 0 Å². The standard InChI is InChI=1S/C17H21BrN4O/c1-22(2)11-5-9-19-13-8-10-20-16(12-13)17(23)21-15-7-4-3-6-14(15)18/h3-4,6-8,10,12H,5,9,11H2,1-2H3,(H,19,20)(H,21,23). The topological polar surface area (TPSA) is 57.3 Å². The van der Waals surface area contributed by atoms with Crippen LogP contribution in [-0.2, 0) is 0 Å². The molecule has 0 aliphatic carbocycles. The van der Waals surface area contributed by atoms with Crippen molar-refractivity contribution in [3.8, 4) is 0 Å². The molecular formula is C17H21BrN4O. The second-order valence-electron chi connectivity index (χ2n) is 5.45. The first-order valence-electron chi connectivity index (χ1n) is 7.47. The molecule has 0 aliphatic rings. The molecule has 1 amide bonds. The molecule has 0 fully saturated rings.